The second kappa shape index (κ2) is 8.52. The Hall–Kier alpha value is -3.79. The van der Waals surface area contributed by atoms with Crippen LogP contribution in [0, 0.1) is 23.0 Å². The van der Waals surface area contributed by atoms with Crippen molar-refractivity contribution in [3.8, 4) is 6.07 Å². The molecular weight excluding hydrogens is 400 g/mol. The van der Waals surface area contributed by atoms with Crippen molar-refractivity contribution in [2.75, 3.05) is 13.1 Å². The highest BCUT2D eigenvalue weighted by Crippen LogP contribution is 2.24. The summed E-state index contributed by atoms with van der Waals surface area (Å²) in [5.41, 5.74) is 2.08. The van der Waals surface area contributed by atoms with Crippen LogP contribution in [-0.2, 0) is 11.2 Å². The molecule has 0 radical (unpaired) electrons. The van der Waals surface area contributed by atoms with Gasteiger partial charge in [0.15, 0.2) is 0 Å². The largest absolute Gasteiger partial charge is 0.339 e. The Labute approximate surface area is 177 Å². The Bertz CT molecular complexity index is 1300. The van der Waals surface area contributed by atoms with E-state index < -0.39 is 11.6 Å². The monoisotopic (exact) mass is 419 g/mol. The molecule has 3 aromatic rings. The lowest BCUT2D eigenvalue weighted by atomic mass is 9.97. The molecular formula is C24H19F2N3O2. The predicted molar refractivity (Wildman–Crippen MR) is 113 cm³/mol. The van der Waals surface area contributed by atoms with Crippen LogP contribution in [0.1, 0.15) is 29.7 Å². The number of hydrogen-bond donors (Lipinski definition) is 1. The first-order valence-electron chi connectivity index (χ1n) is 9.92. The molecule has 0 saturated heterocycles. The molecule has 1 aliphatic heterocycles. The summed E-state index contributed by atoms with van der Waals surface area (Å²) in [7, 11) is 0. The summed E-state index contributed by atoms with van der Waals surface area (Å²) >= 11 is 0. The maximum atomic E-state index is 13.7. The van der Waals surface area contributed by atoms with Gasteiger partial charge in [-0.05, 0) is 65.8 Å². The minimum absolute atomic E-state index is 0.0488. The van der Waals surface area contributed by atoms with E-state index >= 15 is 0 Å². The number of H-pyrrole nitrogens is 1. The van der Waals surface area contributed by atoms with Gasteiger partial charge in [0.25, 0.3) is 5.56 Å². The fraction of sp³-hybridized carbons (Fsp3) is 0.208. The van der Waals surface area contributed by atoms with Crippen molar-refractivity contribution in [2.24, 2.45) is 0 Å². The molecule has 0 saturated carbocycles. The van der Waals surface area contributed by atoms with Crippen molar-refractivity contribution in [3.63, 3.8) is 0 Å². The number of benzene rings is 2. The van der Waals surface area contributed by atoms with Gasteiger partial charge in [0, 0.05) is 30.6 Å². The lowest BCUT2D eigenvalue weighted by molar-refractivity contribution is -0.130. The summed E-state index contributed by atoms with van der Waals surface area (Å²) in [6, 6.07) is 12.0. The highest BCUT2D eigenvalue weighted by molar-refractivity contribution is 5.82. The van der Waals surface area contributed by atoms with Gasteiger partial charge in [-0.15, -0.1) is 0 Å². The third-order valence-corrected chi connectivity index (χ3v) is 5.43. The number of nitriles is 1. The van der Waals surface area contributed by atoms with Gasteiger partial charge in [-0.3, -0.25) is 9.59 Å². The first kappa shape index (κ1) is 20.5. The average Bonchev–Trinajstić information content (AvgIpc) is 2.77. The van der Waals surface area contributed by atoms with Crippen molar-refractivity contribution in [3.05, 3.63) is 87.3 Å². The van der Waals surface area contributed by atoms with Gasteiger partial charge < -0.3 is 9.88 Å². The van der Waals surface area contributed by atoms with Crippen molar-refractivity contribution in [1.29, 1.82) is 5.26 Å². The van der Waals surface area contributed by atoms with Crippen molar-refractivity contribution < 1.29 is 13.6 Å². The summed E-state index contributed by atoms with van der Waals surface area (Å²) in [5, 5.41) is 9.92. The smallest absolute Gasteiger partial charge is 0.256 e. The lowest BCUT2D eigenvalue weighted by Crippen LogP contribution is -2.34. The van der Waals surface area contributed by atoms with Crippen LogP contribution < -0.4 is 5.56 Å². The normalized spacial score (nSPS) is 13.7. The number of aryl methyl sites for hydroxylation is 1. The molecule has 0 aliphatic carbocycles. The van der Waals surface area contributed by atoms with E-state index in [2.05, 4.69) is 4.98 Å². The number of carbonyl (C=O) groups excluding carboxylic acids is 1. The number of nitrogens with one attached hydrogen (secondary N) is 1. The maximum absolute atomic E-state index is 13.7. The highest BCUT2D eigenvalue weighted by atomic mass is 19.1. The molecule has 0 atom stereocenters. The van der Waals surface area contributed by atoms with E-state index in [0.717, 1.165) is 5.57 Å². The zero-order valence-electron chi connectivity index (χ0n) is 16.6. The van der Waals surface area contributed by atoms with Crippen LogP contribution in [-0.4, -0.2) is 28.9 Å². The van der Waals surface area contributed by atoms with E-state index in [1.54, 1.807) is 23.1 Å². The van der Waals surface area contributed by atoms with Crippen LogP contribution in [0.2, 0.25) is 0 Å². The highest BCUT2D eigenvalue weighted by Gasteiger charge is 2.19. The number of amides is 1. The number of halogens is 2. The van der Waals surface area contributed by atoms with E-state index in [1.807, 2.05) is 12.1 Å². The molecule has 1 amide bonds. The summed E-state index contributed by atoms with van der Waals surface area (Å²) in [6.07, 6.45) is 3.04. The first-order valence-corrected chi connectivity index (χ1v) is 9.92. The van der Waals surface area contributed by atoms with Crippen molar-refractivity contribution in [1.82, 2.24) is 9.88 Å². The Balaban J connectivity index is 1.41. The van der Waals surface area contributed by atoms with Crippen LogP contribution in [0.3, 0.4) is 0 Å². The molecule has 1 aromatic heterocycles. The molecule has 0 spiro atoms. The summed E-state index contributed by atoms with van der Waals surface area (Å²) in [4.78, 5) is 29.2. The second-order valence-corrected chi connectivity index (χ2v) is 7.51. The van der Waals surface area contributed by atoms with Gasteiger partial charge >= 0.3 is 0 Å². The molecule has 156 valence electrons. The average molecular weight is 419 g/mol. The molecule has 2 aromatic carbocycles. The number of hydrogen-bond acceptors (Lipinski definition) is 3. The molecule has 1 aliphatic rings. The van der Waals surface area contributed by atoms with Crippen LogP contribution in [0.25, 0.3) is 16.3 Å². The molecule has 0 unspecified atom stereocenters. The van der Waals surface area contributed by atoms with Crippen LogP contribution in [0.5, 0.6) is 0 Å². The summed E-state index contributed by atoms with van der Waals surface area (Å²) in [5.74, 6) is -0.978. The molecule has 4 rings (SSSR count). The van der Waals surface area contributed by atoms with Gasteiger partial charge in [-0.1, -0.05) is 12.1 Å². The molecule has 5 nitrogen and oxygen atoms in total. The quantitative estimate of drug-likeness (QED) is 0.696. The number of carbonyl (C=O) groups is 1. The van der Waals surface area contributed by atoms with Gasteiger partial charge in [-0.2, -0.15) is 5.26 Å². The van der Waals surface area contributed by atoms with E-state index in [9.17, 15) is 18.4 Å². The van der Waals surface area contributed by atoms with Crippen LogP contribution in [0.4, 0.5) is 8.78 Å². The molecule has 7 heteroatoms. The Morgan fingerprint density at radius 1 is 1.13 bits per heavy atom. The number of fused-ring (bicyclic) bond motifs is 1. The van der Waals surface area contributed by atoms with Crippen molar-refractivity contribution in [2.45, 2.75) is 19.3 Å². The summed E-state index contributed by atoms with van der Waals surface area (Å²) < 4.78 is 27.0. The zero-order chi connectivity index (χ0) is 22.0. The van der Waals surface area contributed by atoms with Crippen LogP contribution >= 0.6 is 0 Å². The lowest BCUT2D eigenvalue weighted by Gasteiger charge is -2.27. The van der Waals surface area contributed by atoms with Gasteiger partial charge in [-0.25, -0.2) is 8.78 Å². The Morgan fingerprint density at radius 2 is 1.97 bits per heavy atom. The second-order valence-electron chi connectivity index (χ2n) is 7.51. The molecule has 1 N–H and O–H groups in total. The van der Waals surface area contributed by atoms with E-state index in [0.29, 0.717) is 42.6 Å². The third-order valence-electron chi connectivity index (χ3n) is 5.43. The van der Waals surface area contributed by atoms with Crippen LogP contribution in [0.15, 0.2) is 53.3 Å². The zero-order valence-corrected chi connectivity index (χ0v) is 16.6. The topological polar surface area (TPSA) is 77.0 Å². The number of pyridine rings is 1. The summed E-state index contributed by atoms with van der Waals surface area (Å²) in [6.45, 7) is 0.899. The molecule has 31 heavy (non-hydrogen) atoms. The van der Waals surface area contributed by atoms with Gasteiger partial charge in [0.05, 0.1) is 11.6 Å². The third kappa shape index (κ3) is 4.53. The maximum Gasteiger partial charge on any atom is 0.256 e. The van der Waals surface area contributed by atoms with Gasteiger partial charge in [0.2, 0.25) is 5.91 Å². The van der Waals surface area contributed by atoms with Gasteiger partial charge in [0.1, 0.15) is 11.6 Å². The number of aromatic amines is 1. The predicted octanol–water partition coefficient (Wildman–Crippen LogP) is 3.93. The fourth-order valence-electron chi connectivity index (χ4n) is 3.82. The minimum atomic E-state index is -0.472. The molecule has 0 bridgehead atoms. The Morgan fingerprint density at radius 3 is 2.71 bits per heavy atom. The van der Waals surface area contributed by atoms with E-state index in [1.165, 1.54) is 24.3 Å². The van der Waals surface area contributed by atoms with Crippen molar-refractivity contribution >= 4 is 22.3 Å². The molecule has 2 heterocycles. The first-order chi connectivity index (χ1) is 14.9. The van der Waals surface area contributed by atoms with E-state index in [-0.39, 0.29) is 28.8 Å². The minimum Gasteiger partial charge on any atom is -0.339 e. The number of nitrogens with zero attached hydrogens (tertiary/aromatic N) is 2. The van der Waals surface area contributed by atoms with E-state index in [4.69, 9.17) is 5.26 Å². The number of rotatable bonds is 4. The Kier molecular flexibility index (Phi) is 5.63. The molecule has 0 fully saturated rings. The SMILES string of the molecule is N#Cc1cc(F)cc(C2=CCN(C(=O)CCc3cc4ccc(F)cc4c(=O)[nH]3)CC2)c1. The standard InChI is InChI=1S/C24H19F2N3O2/c25-19-2-1-17-12-21(28-24(31)22(17)13-19)3-4-23(30)29-7-5-16(6-8-29)18-9-15(14-27)10-20(26)11-18/h1-2,5,9-13H,3-4,6-8H2,(H,28,31). The fourth-order valence-corrected chi connectivity index (χ4v) is 3.82. The number of aromatic nitrogens is 1.